The molecule has 0 aromatic rings. The summed E-state index contributed by atoms with van der Waals surface area (Å²) in [5, 5.41) is 15.2. The summed E-state index contributed by atoms with van der Waals surface area (Å²) in [7, 11) is -3.47. The van der Waals surface area contributed by atoms with Gasteiger partial charge in [0.15, 0.2) is 0 Å². The number of hydrogen-bond donors (Lipinski definition) is 0. The number of carbonyl (C=O) groups is 3. The van der Waals surface area contributed by atoms with Gasteiger partial charge in [-0.1, -0.05) is 0 Å². The fraction of sp³-hybridized carbons (Fsp3) is 0.824. The van der Waals surface area contributed by atoms with Gasteiger partial charge < -0.3 is 45.1 Å². The number of carbonyl (C=O) groups excluding carboxylic acids is 3. The molecule has 9 unspecified atom stereocenters. The normalized spacial score (nSPS) is 39.9. The van der Waals surface area contributed by atoms with Gasteiger partial charge in [-0.15, -0.1) is 0 Å². The fourth-order valence-corrected chi connectivity index (χ4v) is 10.0. The van der Waals surface area contributed by atoms with Gasteiger partial charge in [0.25, 0.3) is 10.1 Å². The van der Waals surface area contributed by atoms with Crippen LogP contribution in [0.2, 0.25) is 0 Å². The van der Waals surface area contributed by atoms with Crippen molar-refractivity contribution >= 4 is 28.4 Å². The molecule has 20 heteroatoms. The van der Waals surface area contributed by atoms with E-state index >= 15 is 0 Å². The number of nitriles is 1. The van der Waals surface area contributed by atoms with Gasteiger partial charge in [-0.25, -0.2) is 21.0 Å². The van der Waals surface area contributed by atoms with Crippen LogP contribution in [-0.4, -0.2) is 152 Å². The molecule has 9 saturated heterocycles. The third-order valence-corrected chi connectivity index (χ3v) is 11.9. The molecule has 18 nitrogen and oxygen atoms in total. The minimum absolute atomic E-state index is 0. The number of amides is 3. The second-order valence-corrected chi connectivity index (χ2v) is 16.0. The first-order valence-corrected chi connectivity index (χ1v) is 19.9. The zero-order chi connectivity index (χ0) is 38.4. The Bertz CT molecular complexity index is 1520. The largest absolute Gasteiger partial charge is 1.00 e. The van der Waals surface area contributed by atoms with E-state index in [9.17, 15) is 22.8 Å². The maximum absolute atomic E-state index is 11.9. The van der Waals surface area contributed by atoms with E-state index in [0.29, 0.717) is 32.7 Å². The first-order chi connectivity index (χ1) is 25.4. The van der Waals surface area contributed by atoms with E-state index in [1.165, 1.54) is 0 Å². The summed E-state index contributed by atoms with van der Waals surface area (Å²) in [5.74, 6) is 0.0667. The Kier molecular flexibility index (Phi) is 13.3. The third-order valence-electron chi connectivity index (χ3n) is 11.3. The predicted octanol–water partition coefficient (Wildman–Crippen LogP) is -0.856. The van der Waals surface area contributed by atoms with Crippen LogP contribution in [0.5, 0.6) is 0 Å². The van der Waals surface area contributed by atoms with Crippen LogP contribution in [0, 0.1) is 35.7 Å². The molecule has 0 aromatic carbocycles. The molecule has 15 atom stereocenters. The van der Waals surface area contributed by atoms with Crippen LogP contribution in [0.25, 0.3) is 4.85 Å². The van der Waals surface area contributed by atoms with E-state index in [0.717, 1.165) is 31.9 Å². The van der Waals surface area contributed by atoms with E-state index in [1.807, 2.05) is 11.8 Å². The van der Waals surface area contributed by atoms with Crippen LogP contribution in [0.15, 0.2) is 0 Å². The van der Waals surface area contributed by atoms with Gasteiger partial charge in [0.05, 0.1) is 80.4 Å². The van der Waals surface area contributed by atoms with Crippen molar-refractivity contribution in [2.45, 2.75) is 144 Å². The van der Waals surface area contributed by atoms with Crippen molar-refractivity contribution in [2.75, 3.05) is 26.1 Å². The number of hydrogen-bond acceptors (Lipinski definition) is 14. The summed E-state index contributed by atoms with van der Waals surface area (Å²) >= 11 is 0. The SMILES string of the molecule is CCOC(=O)N1C2CC(C#N)CC1[C@@H]1O[C@H]21.CCOC(=O)N1C2CC(OS(C)(=O)=O)CC1[C@@H]1O[C@H]21.[C-]#N.[C-]#[N+]C1CC2[C@H]3O[C@H]3C(C1)N2C(=O)OCC.[Na+]. The van der Waals surface area contributed by atoms with Crippen LogP contribution >= 0.6 is 0 Å². The number of nitrogens with zero attached hydrogens (tertiary/aromatic N) is 6. The van der Waals surface area contributed by atoms with Gasteiger partial charge in [0.2, 0.25) is 6.04 Å². The van der Waals surface area contributed by atoms with Gasteiger partial charge in [0, 0.05) is 12.8 Å². The van der Waals surface area contributed by atoms with Crippen LogP contribution in [0.1, 0.15) is 59.3 Å². The molecule has 6 bridgehead atoms. The van der Waals surface area contributed by atoms with E-state index in [1.54, 1.807) is 23.6 Å². The molecule has 9 rings (SSSR count). The summed E-state index contributed by atoms with van der Waals surface area (Å²) in [6, 6.07) is 2.36. The second-order valence-electron chi connectivity index (χ2n) is 14.4. The molecule has 0 saturated carbocycles. The molecule has 0 aliphatic carbocycles. The number of piperidine rings is 3. The minimum Gasteiger partial charge on any atom is -0.512 e. The van der Waals surface area contributed by atoms with Gasteiger partial charge in [-0.3, -0.25) is 18.9 Å². The molecule has 290 valence electrons. The van der Waals surface area contributed by atoms with Crippen LogP contribution in [0.4, 0.5) is 14.4 Å². The zero-order valence-electron chi connectivity index (χ0n) is 31.0. The Labute approximate surface area is 337 Å². The molecule has 0 radical (unpaired) electrons. The zero-order valence-corrected chi connectivity index (χ0v) is 33.8. The van der Waals surface area contributed by atoms with Crippen molar-refractivity contribution in [2.24, 2.45) is 5.92 Å². The Morgan fingerprint density at radius 1 is 0.685 bits per heavy atom. The second kappa shape index (κ2) is 17.1. The number of fused-ring (bicyclic) bond motifs is 15. The first-order valence-electron chi connectivity index (χ1n) is 18.1. The number of rotatable bonds is 5. The van der Waals surface area contributed by atoms with Crippen molar-refractivity contribution in [1.82, 2.24) is 14.7 Å². The number of morpholine rings is 3. The van der Waals surface area contributed by atoms with Crippen LogP contribution < -0.4 is 29.6 Å². The molecule has 9 aliphatic rings. The molecule has 0 aromatic heterocycles. The van der Waals surface area contributed by atoms with E-state index in [2.05, 4.69) is 10.9 Å². The van der Waals surface area contributed by atoms with Gasteiger partial charge in [0.1, 0.15) is 36.6 Å². The van der Waals surface area contributed by atoms with Gasteiger partial charge in [-0.05, 0) is 46.5 Å². The molecular weight excluding hydrogens is 739 g/mol. The van der Waals surface area contributed by atoms with Crippen molar-refractivity contribution in [3.63, 3.8) is 0 Å². The van der Waals surface area contributed by atoms with Gasteiger partial charge in [-0.2, -0.15) is 13.7 Å². The fourth-order valence-electron chi connectivity index (χ4n) is 9.35. The molecule has 0 N–H and O–H groups in total. The van der Waals surface area contributed by atoms with Crippen molar-refractivity contribution in [3.05, 3.63) is 18.0 Å². The average Bonchev–Trinajstić information content (AvgIpc) is 4.03. The smallest absolute Gasteiger partial charge is 0.512 e. The monoisotopic (exact) mass is 784 g/mol. The maximum Gasteiger partial charge on any atom is 1.00 e. The molecular formula is C34H45N6NaO12S. The van der Waals surface area contributed by atoms with Crippen molar-refractivity contribution in [3.8, 4) is 6.07 Å². The van der Waals surface area contributed by atoms with Crippen molar-refractivity contribution < 1.29 is 85.0 Å². The Balaban J connectivity index is 0.000000151. The third kappa shape index (κ3) is 8.27. The number of epoxide rings is 3. The van der Waals surface area contributed by atoms with E-state index < -0.39 is 10.1 Å². The van der Waals surface area contributed by atoms with E-state index in [-0.39, 0.29) is 139 Å². The summed E-state index contributed by atoms with van der Waals surface area (Å²) in [6.07, 6.45) is 4.42. The topological polar surface area (TPSA) is 222 Å². The quantitative estimate of drug-likeness (QED) is 0.109. The molecule has 9 heterocycles. The first kappa shape index (κ1) is 42.2. The molecule has 0 spiro atoms. The molecule has 9 fully saturated rings. The summed E-state index contributed by atoms with van der Waals surface area (Å²) in [4.78, 5) is 44.4. The van der Waals surface area contributed by atoms with Crippen LogP contribution in [0.3, 0.4) is 0 Å². The molecule has 3 amide bonds. The Hall–Kier alpha value is -2.93. The average molecular weight is 785 g/mol. The number of ether oxygens (including phenoxy) is 6. The maximum atomic E-state index is 11.9. The summed E-state index contributed by atoms with van der Waals surface area (Å²) in [6.45, 7) is 18.3. The Morgan fingerprint density at radius 2 is 1.00 bits per heavy atom. The standard InChI is InChI=1S/2C11H14N2O3.C11H17NO6S.CN.Na/c1-3-15-11(14)13-7-4-6(12-2)5-8(13)10-9(7)16-10;1-2-15-11(14)13-7-3-6(5-12)4-8(13)10-9(7)16-10;1-3-16-11(13)12-7-4-6(18-19(2,14)15)5-8(12)10-9(7)17-10;1-2;/h6-10H,3-5H2,1H3;6-10H,2-4H2,1H3;6-10H,3-5H2,1-2H3;;/q;;;-1;+1/t3*6?,7?,8?,9-,10+;;. The predicted molar refractivity (Wildman–Crippen MR) is 177 cm³/mol. The Morgan fingerprint density at radius 3 is 1.28 bits per heavy atom. The molecule has 54 heavy (non-hydrogen) atoms. The summed E-state index contributed by atoms with van der Waals surface area (Å²) in [5.41, 5.74) is 0. The van der Waals surface area contributed by atoms with Gasteiger partial charge >= 0.3 is 47.8 Å². The minimum atomic E-state index is -3.47. The summed E-state index contributed by atoms with van der Waals surface area (Å²) < 4.78 is 59.1. The van der Waals surface area contributed by atoms with E-state index in [4.69, 9.17) is 56.3 Å². The van der Waals surface area contributed by atoms with Crippen molar-refractivity contribution in [1.29, 1.82) is 10.5 Å². The molecule has 9 aliphatic heterocycles. The van der Waals surface area contributed by atoms with Crippen LogP contribution in [-0.2, 0) is 42.7 Å².